The number of rotatable bonds is 4. The number of nitrogens with zero attached hydrogens (tertiary/aromatic N) is 4. The lowest BCUT2D eigenvalue weighted by Gasteiger charge is -2.24. The van der Waals surface area contributed by atoms with Gasteiger partial charge in [-0.25, -0.2) is 13.8 Å². The molecule has 134 valence electrons. The highest BCUT2D eigenvalue weighted by Crippen LogP contribution is 2.23. The van der Waals surface area contributed by atoms with Gasteiger partial charge in [0.15, 0.2) is 11.6 Å². The minimum absolute atomic E-state index is 0.264. The molecule has 3 N–H and O–H groups in total. The van der Waals surface area contributed by atoms with Crippen LogP contribution in [-0.4, -0.2) is 32.2 Å². The van der Waals surface area contributed by atoms with Gasteiger partial charge in [0.25, 0.3) is 5.91 Å². The van der Waals surface area contributed by atoms with Gasteiger partial charge in [0.05, 0.1) is 34.7 Å². The number of nitrogens with one attached hydrogen (secondary N) is 1. The molecule has 0 saturated heterocycles. The molecule has 1 aromatic carbocycles. The number of benzene rings is 1. The first-order chi connectivity index (χ1) is 12.5. The first-order valence-electron chi connectivity index (χ1n) is 8.21. The van der Waals surface area contributed by atoms with E-state index in [2.05, 4.69) is 20.4 Å². The second kappa shape index (κ2) is 6.32. The van der Waals surface area contributed by atoms with Crippen molar-refractivity contribution in [3.05, 3.63) is 47.4 Å². The molecular formula is C17H16F2N6O. The van der Waals surface area contributed by atoms with Gasteiger partial charge in [0.1, 0.15) is 5.82 Å². The van der Waals surface area contributed by atoms with E-state index in [1.165, 1.54) is 12.4 Å². The number of carbonyl (C=O) groups excluding carboxylic acids is 1. The Morgan fingerprint density at radius 1 is 1.27 bits per heavy atom. The number of aromatic nitrogens is 4. The first-order valence-corrected chi connectivity index (χ1v) is 8.21. The lowest BCUT2D eigenvalue weighted by molar-refractivity contribution is 0.0998. The third kappa shape index (κ3) is 2.96. The standard InChI is InChI=1S/C17H16F2N6O/c18-11-4-13-14(5-12(11)19)24-16(8-21-13)22-6-9-1-2-25-15(3-9)10(7-23-25)17(20)26/h4-5,7-9H,1-3,6H2,(H2,20,26)(H,22,24). The van der Waals surface area contributed by atoms with Gasteiger partial charge in [-0.2, -0.15) is 5.10 Å². The maximum absolute atomic E-state index is 13.4. The molecule has 0 aliphatic carbocycles. The van der Waals surface area contributed by atoms with E-state index in [9.17, 15) is 13.6 Å². The zero-order valence-electron chi connectivity index (χ0n) is 13.7. The van der Waals surface area contributed by atoms with Gasteiger partial charge in [0, 0.05) is 25.2 Å². The van der Waals surface area contributed by atoms with Gasteiger partial charge in [-0.1, -0.05) is 0 Å². The molecule has 1 amide bonds. The van der Waals surface area contributed by atoms with Gasteiger partial charge in [-0.15, -0.1) is 0 Å². The molecule has 2 aromatic heterocycles. The second-order valence-electron chi connectivity index (χ2n) is 6.34. The van der Waals surface area contributed by atoms with Crippen molar-refractivity contribution < 1.29 is 13.6 Å². The smallest absolute Gasteiger partial charge is 0.252 e. The molecule has 26 heavy (non-hydrogen) atoms. The first kappa shape index (κ1) is 16.4. The number of aryl methyl sites for hydroxylation is 1. The molecule has 1 atom stereocenters. The van der Waals surface area contributed by atoms with Gasteiger partial charge in [0.2, 0.25) is 0 Å². The summed E-state index contributed by atoms with van der Waals surface area (Å²) < 4.78 is 28.4. The zero-order valence-corrected chi connectivity index (χ0v) is 13.7. The summed E-state index contributed by atoms with van der Waals surface area (Å²) in [6.07, 6.45) is 4.56. The SMILES string of the molecule is NC(=O)c1cnn2c1CC(CNc1cnc3cc(F)c(F)cc3n1)CC2. The van der Waals surface area contributed by atoms with Crippen LogP contribution in [0, 0.1) is 17.6 Å². The molecular weight excluding hydrogens is 342 g/mol. The topological polar surface area (TPSA) is 98.7 Å². The molecule has 0 fully saturated rings. The minimum atomic E-state index is -0.955. The summed E-state index contributed by atoms with van der Waals surface area (Å²) in [6, 6.07) is 2.05. The molecule has 1 unspecified atom stereocenters. The molecule has 1 aliphatic rings. The fourth-order valence-electron chi connectivity index (χ4n) is 3.22. The molecule has 0 spiro atoms. The van der Waals surface area contributed by atoms with Crippen molar-refractivity contribution in [1.82, 2.24) is 19.7 Å². The average molecular weight is 358 g/mol. The number of fused-ring (bicyclic) bond motifs is 2. The van der Waals surface area contributed by atoms with Gasteiger partial charge >= 0.3 is 0 Å². The predicted molar refractivity (Wildman–Crippen MR) is 90.5 cm³/mol. The van der Waals surface area contributed by atoms with Crippen LogP contribution < -0.4 is 11.1 Å². The lowest BCUT2D eigenvalue weighted by atomic mass is 9.94. The normalized spacial score (nSPS) is 16.5. The Bertz CT molecular complexity index is 1000. The van der Waals surface area contributed by atoms with Crippen molar-refractivity contribution in [2.45, 2.75) is 19.4 Å². The fraction of sp³-hybridized carbons (Fsp3) is 0.294. The highest BCUT2D eigenvalue weighted by atomic mass is 19.2. The van der Waals surface area contributed by atoms with Gasteiger partial charge in [-0.3, -0.25) is 14.5 Å². The van der Waals surface area contributed by atoms with Crippen molar-refractivity contribution in [3.8, 4) is 0 Å². The average Bonchev–Trinajstić information content (AvgIpc) is 3.04. The van der Waals surface area contributed by atoms with Crippen molar-refractivity contribution in [2.24, 2.45) is 11.7 Å². The summed E-state index contributed by atoms with van der Waals surface area (Å²) in [7, 11) is 0. The summed E-state index contributed by atoms with van der Waals surface area (Å²) in [4.78, 5) is 19.8. The number of nitrogens with two attached hydrogens (primary N) is 1. The summed E-state index contributed by atoms with van der Waals surface area (Å²) >= 11 is 0. The van der Waals surface area contributed by atoms with E-state index in [1.54, 1.807) is 0 Å². The molecule has 1 aliphatic heterocycles. The number of amides is 1. The number of anilines is 1. The van der Waals surface area contributed by atoms with E-state index in [0.29, 0.717) is 36.4 Å². The van der Waals surface area contributed by atoms with Crippen LogP contribution in [0.1, 0.15) is 22.5 Å². The molecule has 0 bridgehead atoms. The minimum Gasteiger partial charge on any atom is -0.368 e. The van der Waals surface area contributed by atoms with E-state index < -0.39 is 17.5 Å². The Morgan fingerprint density at radius 3 is 2.81 bits per heavy atom. The molecule has 0 saturated carbocycles. The van der Waals surface area contributed by atoms with Crippen LogP contribution >= 0.6 is 0 Å². The van der Waals surface area contributed by atoms with E-state index in [0.717, 1.165) is 24.2 Å². The Hall–Kier alpha value is -3.10. The van der Waals surface area contributed by atoms with Crippen LogP contribution in [0.25, 0.3) is 11.0 Å². The van der Waals surface area contributed by atoms with E-state index in [-0.39, 0.29) is 11.4 Å². The Balaban J connectivity index is 1.47. The quantitative estimate of drug-likeness (QED) is 0.742. The van der Waals surface area contributed by atoms with E-state index >= 15 is 0 Å². The highest BCUT2D eigenvalue weighted by molar-refractivity contribution is 5.93. The number of carbonyl (C=O) groups is 1. The monoisotopic (exact) mass is 358 g/mol. The van der Waals surface area contributed by atoms with Crippen LogP contribution in [0.2, 0.25) is 0 Å². The van der Waals surface area contributed by atoms with Crippen LogP contribution in [0.15, 0.2) is 24.5 Å². The van der Waals surface area contributed by atoms with Crippen molar-refractivity contribution >= 4 is 22.8 Å². The van der Waals surface area contributed by atoms with Crippen LogP contribution in [0.5, 0.6) is 0 Å². The van der Waals surface area contributed by atoms with Gasteiger partial charge < -0.3 is 11.1 Å². The summed E-state index contributed by atoms with van der Waals surface area (Å²) in [6.45, 7) is 1.32. The van der Waals surface area contributed by atoms with Crippen LogP contribution in [0.4, 0.5) is 14.6 Å². The summed E-state index contributed by atoms with van der Waals surface area (Å²) in [5.41, 5.74) is 7.26. The Labute approximate surface area is 147 Å². The summed E-state index contributed by atoms with van der Waals surface area (Å²) in [5.74, 6) is -1.63. The predicted octanol–water partition coefficient (Wildman–Crippen LogP) is 1.88. The Kier molecular flexibility index (Phi) is 3.98. The maximum Gasteiger partial charge on any atom is 0.252 e. The fourth-order valence-corrected chi connectivity index (χ4v) is 3.22. The third-order valence-corrected chi connectivity index (χ3v) is 4.60. The molecule has 3 aromatic rings. The molecule has 7 nitrogen and oxygen atoms in total. The second-order valence-corrected chi connectivity index (χ2v) is 6.34. The van der Waals surface area contributed by atoms with Crippen LogP contribution in [-0.2, 0) is 13.0 Å². The largest absolute Gasteiger partial charge is 0.368 e. The third-order valence-electron chi connectivity index (χ3n) is 4.60. The Morgan fingerprint density at radius 2 is 2.04 bits per heavy atom. The van der Waals surface area contributed by atoms with E-state index in [4.69, 9.17) is 5.73 Å². The highest BCUT2D eigenvalue weighted by Gasteiger charge is 2.24. The molecule has 9 heteroatoms. The number of halogens is 2. The number of primary amides is 1. The van der Waals surface area contributed by atoms with E-state index in [1.807, 2.05) is 4.68 Å². The summed E-state index contributed by atoms with van der Waals surface area (Å²) in [5, 5.41) is 7.36. The van der Waals surface area contributed by atoms with Gasteiger partial charge in [-0.05, 0) is 18.8 Å². The molecule has 4 rings (SSSR count). The molecule has 0 radical (unpaired) electrons. The molecule has 3 heterocycles. The number of hydrogen-bond acceptors (Lipinski definition) is 5. The lowest BCUT2D eigenvalue weighted by Crippen LogP contribution is -2.27. The van der Waals surface area contributed by atoms with Crippen LogP contribution in [0.3, 0.4) is 0 Å². The van der Waals surface area contributed by atoms with Crippen molar-refractivity contribution in [1.29, 1.82) is 0 Å². The maximum atomic E-state index is 13.4. The van der Waals surface area contributed by atoms with Crippen molar-refractivity contribution in [2.75, 3.05) is 11.9 Å². The number of hydrogen-bond donors (Lipinski definition) is 2. The van der Waals surface area contributed by atoms with Crippen molar-refractivity contribution in [3.63, 3.8) is 0 Å². The zero-order chi connectivity index (χ0) is 18.3.